The average Bonchev–Trinajstić information content (AvgIpc) is 2.17. The van der Waals surface area contributed by atoms with Gasteiger partial charge in [0.05, 0.1) is 0 Å². The van der Waals surface area contributed by atoms with Gasteiger partial charge in [0.2, 0.25) is 0 Å². The van der Waals surface area contributed by atoms with E-state index in [4.69, 9.17) is 0 Å². The maximum absolute atomic E-state index is 13.6. The van der Waals surface area contributed by atoms with Crippen molar-refractivity contribution < 1.29 is 4.39 Å². The Kier molecular flexibility index (Phi) is 5.12. The zero-order chi connectivity index (χ0) is 11.3. The van der Waals surface area contributed by atoms with Crippen LogP contribution in [0.2, 0.25) is 0 Å². The van der Waals surface area contributed by atoms with Crippen LogP contribution in [0.1, 0.15) is 19.4 Å². The van der Waals surface area contributed by atoms with Crippen LogP contribution in [0.25, 0.3) is 0 Å². The highest BCUT2D eigenvalue weighted by molar-refractivity contribution is 7.99. The normalized spacial score (nSPS) is 11.0. The van der Waals surface area contributed by atoms with Gasteiger partial charge in [-0.25, -0.2) is 4.39 Å². The lowest BCUT2D eigenvalue weighted by Crippen LogP contribution is -2.07. The Bertz CT molecular complexity index is 312. The molecule has 0 aliphatic carbocycles. The molecule has 1 aromatic rings. The van der Waals surface area contributed by atoms with Crippen molar-refractivity contribution in [1.29, 1.82) is 0 Å². The molecule has 15 heavy (non-hydrogen) atoms. The second kappa shape index (κ2) is 6.13. The van der Waals surface area contributed by atoms with Gasteiger partial charge in [0.15, 0.2) is 0 Å². The van der Waals surface area contributed by atoms with Crippen molar-refractivity contribution in [3.63, 3.8) is 0 Å². The Balaban J connectivity index is 2.81. The summed E-state index contributed by atoms with van der Waals surface area (Å²) < 4.78 is 13.6. The second-order valence-electron chi connectivity index (χ2n) is 3.96. The zero-order valence-corrected chi connectivity index (χ0v) is 10.3. The van der Waals surface area contributed by atoms with Gasteiger partial charge >= 0.3 is 0 Å². The molecule has 0 atom stereocenters. The van der Waals surface area contributed by atoms with Crippen molar-refractivity contribution in [3.8, 4) is 0 Å². The fourth-order valence-electron chi connectivity index (χ4n) is 1.29. The Morgan fingerprint density at radius 3 is 2.73 bits per heavy atom. The highest BCUT2D eigenvalue weighted by Gasteiger charge is 2.08. The molecule has 0 saturated heterocycles. The Labute approximate surface area is 95.5 Å². The van der Waals surface area contributed by atoms with Crippen LogP contribution in [-0.2, 0) is 6.54 Å². The molecule has 1 rings (SSSR count). The monoisotopic (exact) mass is 227 g/mol. The Hall–Kier alpha value is -0.540. The van der Waals surface area contributed by atoms with Crippen molar-refractivity contribution in [1.82, 2.24) is 5.32 Å². The van der Waals surface area contributed by atoms with Gasteiger partial charge in [-0.05, 0) is 24.6 Å². The van der Waals surface area contributed by atoms with Crippen molar-refractivity contribution in [2.24, 2.45) is 5.92 Å². The molecule has 0 bridgehead atoms. The van der Waals surface area contributed by atoms with Crippen LogP contribution in [0.3, 0.4) is 0 Å². The fourth-order valence-corrected chi connectivity index (χ4v) is 2.33. The SMILES string of the molecule is CNCc1cccc(F)c1SCC(C)C. The lowest BCUT2D eigenvalue weighted by molar-refractivity contribution is 0.593. The van der Waals surface area contributed by atoms with E-state index in [-0.39, 0.29) is 5.82 Å². The minimum Gasteiger partial charge on any atom is -0.316 e. The molecule has 0 fully saturated rings. The standard InChI is InChI=1S/C12H18FNS/c1-9(2)8-15-12-10(7-14-3)5-4-6-11(12)13/h4-6,9,14H,7-8H2,1-3H3. The summed E-state index contributed by atoms with van der Waals surface area (Å²) in [6, 6.07) is 5.27. The molecule has 1 aromatic carbocycles. The largest absolute Gasteiger partial charge is 0.316 e. The number of benzene rings is 1. The number of rotatable bonds is 5. The van der Waals surface area contributed by atoms with E-state index >= 15 is 0 Å². The topological polar surface area (TPSA) is 12.0 Å². The second-order valence-corrected chi connectivity index (χ2v) is 4.99. The molecule has 84 valence electrons. The van der Waals surface area contributed by atoms with Gasteiger partial charge in [0, 0.05) is 17.2 Å². The molecule has 0 aliphatic rings. The van der Waals surface area contributed by atoms with Crippen molar-refractivity contribution in [2.45, 2.75) is 25.3 Å². The van der Waals surface area contributed by atoms with Gasteiger partial charge in [0.25, 0.3) is 0 Å². The summed E-state index contributed by atoms with van der Waals surface area (Å²) >= 11 is 1.61. The molecule has 0 saturated carbocycles. The van der Waals surface area contributed by atoms with E-state index in [0.717, 1.165) is 22.8 Å². The fraction of sp³-hybridized carbons (Fsp3) is 0.500. The summed E-state index contributed by atoms with van der Waals surface area (Å²) in [5.41, 5.74) is 1.04. The first-order valence-electron chi connectivity index (χ1n) is 5.20. The highest BCUT2D eigenvalue weighted by Crippen LogP contribution is 2.27. The van der Waals surface area contributed by atoms with Gasteiger partial charge < -0.3 is 5.32 Å². The van der Waals surface area contributed by atoms with Gasteiger partial charge in [-0.2, -0.15) is 0 Å². The average molecular weight is 227 g/mol. The molecule has 1 nitrogen and oxygen atoms in total. The van der Waals surface area contributed by atoms with Crippen molar-refractivity contribution in [3.05, 3.63) is 29.6 Å². The Morgan fingerprint density at radius 1 is 1.40 bits per heavy atom. The number of hydrogen-bond acceptors (Lipinski definition) is 2. The van der Waals surface area contributed by atoms with E-state index in [0.29, 0.717) is 5.92 Å². The van der Waals surface area contributed by atoms with E-state index in [9.17, 15) is 4.39 Å². The smallest absolute Gasteiger partial charge is 0.137 e. The van der Waals surface area contributed by atoms with Crippen LogP contribution in [0.5, 0.6) is 0 Å². The molecule has 0 aromatic heterocycles. The molecule has 0 radical (unpaired) electrons. The number of nitrogens with one attached hydrogen (secondary N) is 1. The summed E-state index contributed by atoms with van der Waals surface area (Å²) in [6.45, 7) is 5.01. The van der Waals surface area contributed by atoms with E-state index in [2.05, 4.69) is 19.2 Å². The number of halogens is 1. The van der Waals surface area contributed by atoms with Crippen LogP contribution >= 0.6 is 11.8 Å². The number of thioether (sulfide) groups is 1. The van der Waals surface area contributed by atoms with Crippen LogP contribution in [0.4, 0.5) is 4.39 Å². The van der Waals surface area contributed by atoms with Crippen LogP contribution < -0.4 is 5.32 Å². The lowest BCUT2D eigenvalue weighted by Gasteiger charge is -2.11. The van der Waals surface area contributed by atoms with E-state index < -0.39 is 0 Å². The third-order valence-electron chi connectivity index (χ3n) is 1.98. The molecule has 0 heterocycles. The predicted octanol–water partition coefficient (Wildman–Crippen LogP) is 3.29. The van der Waals surface area contributed by atoms with Crippen LogP contribution in [-0.4, -0.2) is 12.8 Å². The first kappa shape index (κ1) is 12.5. The molecule has 1 N–H and O–H groups in total. The molecule has 0 amide bonds. The molecular weight excluding hydrogens is 209 g/mol. The molecule has 0 aliphatic heterocycles. The van der Waals surface area contributed by atoms with E-state index in [1.807, 2.05) is 13.1 Å². The van der Waals surface area contributed by atoms with Crippen LogP contribution in [0.15, 0.2) is 23.1 Å². The summed E-state index contributed by atoms with van der Waals surface area (Å²) in [4.78, 5) is 0.792. The third kappa shape index (κ3) is 3.84. The maximum atomic E-state index is 13.6. The van der Waals surface area contributed by atoms with Crippen molar-refractivity contribution >= 4 is 11.8 Å². The molecule has 3 heteroatoms. The molecular formula is C12H18FNS. The Morgan fingerprint density at radius 2 is 2.13 bits per heavy atom. The third-order valence-corrected chi connectivity index (χ3v) is 3.56. The summed E-state index contributed by atoms with van der Waals surface area (Å²) in [5, 5.41) is 3.06. The van der Waals surface area contributed by atoms with Crippen molar-refractivity contribution in [2.75, 3.05) is 12.8 Å². The highest BCUT2D eigenvalue weighted by atomic mass is 32.2. The quantitative estimate of drug-likeness (QED) is 0.775. The van der Waals surface area contributed by atoms with E-state index in [1.54, 1.807) is 17.8 Å². The zero-order valence-electron chi connectivity index (χ0n) is 9.51. The summed E-state index contributed by atoms with van der Waals surface area (Å²) in [7, 11) is 1.88. The first-order valence-corrected chi connectivity index (χ1v) is 6.18. The predicted molar refractivity (Wildman–Crippen MR) is 64.7 cm³/mol. The van der Waals surface area contributed by atoms with E-state index in [1.165, 1.54) is 6.07 Å². The summed E-state index contributed by atoms with van der Waals surface area (Å²) in [6.07, 6.45) is 0. The van der Waals surface area contributed by atoms with Gasteiger partial charge in [-0.15, -0.1) is 11.8 Å². The van der Waals surface area contributed by atoms with Gasteiger partial charge in [-0.3, -0.25) is 0 Å². The maximum Gasteiger partial charge on any atom is 0.137 e. The van der Waals surface area contributed by atoms with Crippen LogP contribution in [0, 0.1) is 11.7 Å². The summed E-state index contributed by atoms with van der Waals surface area (Å²) in [5.74, 6) is 1.43. The minimum atomic E-state index is -0.103. The van der Waals surface area contributed by atoms with Gasteiger partial charge in [0.1, 0.15) is 5.82 Å². The molecule has 0 unspecified atom stereocenters. The van der Waals surface area contributed by atoms with Gasteiger partial charge in [-0.1, -0.05) is 26.0 Å². The molecule has 0 spiro atoms. The number of hydrogen-bond donors (Lipinski definition) is 1. The minimum absolute atomic E-state index is 0.103. The first-order chi connectivity index (χ1) is 7.15. The lowest BCUT2D eigenvalue weighted by atomic mass is 10.2.